The number of likely N-dealkylation sites (tertiary alicyclic amines) is 1. The summed E-state index contributed by atoms with van der Waals surface area (Å²) in [6.45, 7) is 6.50. The van der Waals surface area contributed by atoms with Gasteiger partial charge in [-0.2, -0.15) is 0 Å². The van der Waals surface area contributed by atoms with Crippen molar-refractivity contribution in [3.63, 3.8) is 0 Å². The number of carbonyl (C=O) groups is 2. The Labute approximate surface area is 161 Å². The molecule has 3 heteroatoms. The van der Waals surface area contributed by atoms with Crippen molar-refractivity contribution in [2.75, 3.05) is 6.54 Å². The molecule has 1 heterocycles. The molecule has 0 atom stereocenters. The van der Waals surface area contributed by atoms with Crippen LogP contribution in [0.5, 0.6) is 0 Å². The lowest BCUT2D eigenvalue weighted by molar-refractivity contribution is -0.137. The Morgan fingerprint density at radius 1 is 0.692 bits per heavy atom. The molecule has 0 aromatic rings. The number of hydrogen-bond donors (Lipinski definition) is 0. The van der Waals surface area contributed by atoms with Crippen LogP contribution in [-0.2, 0) is 9.59 Å². The molecule has 1 fully saturated rings. The molecule has 0 N–H and O–H groups in total. The van der Waals surface area contributed by atoms with Crippen LogP contribution >= 0.6 is 0 Å². The Bertz CT molecular complexity index is 416. The summed E-state index contributed by atoms with van der Waals surface area (Å²) in [4.78, 5) is 24.7. The zero-order valence-electron chi connectivity index (χ0n) is 17.2. The van der Waals surface area contributed by atoms with Crippen molar-refractivity contribution in [3.05, 3.63) is 12.2 Å². The van der Waals surface area contributed by atoms with E-state index in [1.54, 1.807) is 0 Å². The Hall–Kier alpha value is -1.12. The van der Waals surface area contributed by atoms with Gasteiger partial charge in [0.25, 0.3) is 5.91 Å². The molecular weight excluding hydrogens is 322 g/mol. The molecule has 2 amide bonds. The quantitative estimate of drug-likeness (QED) is 0.167. The van der Waals surface area contributed by atoms with Crippen LogP contribution in [0.15, 0.2) is 12.2 Å². The van der Waals surface area contributed by atoms with Gasteiger partial charge in [-0.15, -0.1) is 0 Å². The third-order valence-electron chi connectivity index (χ3n) is 5.45. The molecule has 0 saturated carbocycles. The molecule has 1 aliphatic rings. The largest absolute Gasteiger partial charge is 0.279 e. The van der Waals surface area contributed by atoms with Gasteiger partial charge in [-0.3, -0.25) is 14.5 Å². The van der Waals surface area contributed by atoms with E-state index in [-0.39, 0.29) is 18.2 Å². The van der Waals surface area contributed by atoms with Crippen LogP contribution in [0.3, 0.4) is 0 Å². The van der Waals surface area contributed by atoms with Gasteiger partial charge in [-0.1, -0.05) is 110 Å². The summed E-state index contributed by atoms with van der Waals surface area (Å²) in [5.74, 6) is -0.225. The summed E-state index contributed by atoms with van der Waals surface area (Å²) in [5.41, 5.74) is 0.450. The number of rotatable bonds is 17. The van der Waals surface area contributed by atoms with Crippen molar-refractivity contribution >= 4 is 11.8 Å². The molecule has 0 aromatic carbocycles. The number of carbonyl (C=O) groups excluding carboxylic acids is 2. The second-order valence-electron chi connectivity index (χ2n) is 7.93. The molecule has 0 spiro atoms. The van der Waals surface area contributed by atoms with Gasteiger partial charge in [0.1, 0.15) is 0 Å². The summed E-state index contributed by atoms with van der Waals surface area (Å²) in [5, 5.41) is 0. The summed E-state index contributed by atoms with van der Waals surface area (Å²) >= 11 is 0. The van der Waals surface area contributed by atoms with E-state index in [1.165, 1.54) is 94.8 Å². The minimum atomic E-state index is -0.157. The first kappa shape index (κ1) is 22.9. The van der Waals surface area contributed by atoms with Gasteiger partial charge in [0.2, 0.25) is 5.91 Å². The number of unbranched alkanes of at least 4 members (excludes halogenated alkanes) is 15. The van der Waals surface area contributed by atoms with Gasteiger partial charge in [-0.05, 0) is 6.42 Å². The van der Waals surface area contributed by atoms with Crippen molar-refractivity contribution in [2.24, 2.45) is 0 Å². The van der Waals surface area contributed by atoms with Gasteiger partial charge in [-0.25, -0.2) is 0 Å². The maximum atomic E-state index is 11.7. The molecule has 0 aromatic heterocycles. The minimum absolute atomic E-state index is 0.0686. The summed E-state index contributed by atoms with van der Waals surface area (Å²) in [6.07, 6.45) is 21.5. The van der Waals surface area contributed by atoms with Crippen LogP contribution < -0.4 is 0 Å². The molecule has 0 bridgehead atoms. The predicted molar refractivity (Wildman–Crippen MR) is 110 cm³/mol. The first-order valence-corrected chi connectivity index (χ1v) is 11.2. The lowest BCUT2D eigenvalue weighted by Crippen LogP contribution is -2.30. The molecule has 1 aliphatic heterocycles. The standard InChI is InChI=1S/C23H41NO2/c1-3-4-5-6-7-8-9-10-11-12-13-14-15-16-17-18-19-24-22(25)20-21(2)23(24)26/h2-20H2,1H3. The summed E-state index contributed by atoms with van der Waals surface area (Å²) in [6, 6.07) is 0. The third-order valence-corrected chi connectivity index (χ3v) is 5.45. The first-order valence-electron chi connectivity index (χ1n) is 11.2. The van der Waals surface area contributed by atoms with Crippen LogP contribution in [0, 0.1) is 0 Å². The normalized spacial score (nSPS) is 14.7. The smallest absolute Gasteiger partial charge is 0.256 e. The average molecular weight is 364 g/mol. The highest BCUT2D eigenvalue weighted by Crippen LogP contribution is 2.18. The highest BCUT2D eigenvalue weighted by atomic mass is 16.2. The molecular formula is C23H41NO2. The Balaban J connectivity index is 1.78. The zero-order valence-corrected chi connectivity index (χ0v) is 17.2. The highest BCUT2D eigenvalue weighted by Gasteiger charge is 2.31. The number of nitrogens with zero attached hydrogens (tertiary/aromatic N) is 1. The fraction of sp³-hybridized carbons (Fsp3) is 0.826. The fourth-order valence-electron chi connectivity index (χ4n) is 3.70. The summed E-state index contributed by atoms with van der Waals surface area (Å²) in [7, 11) is 0. The van der Waals surface area contributed by atoms with Crippen molar-refractivity contribution < 1.29 is 9.59 Å². The fourth-order valence-corrected chi connectivity index (χ4v) is 3.70. The van der Waals surface area contributed by atoms with Gasteiger partial charge in [0.05, 0.1) is 6.42 Å². The van der Waals surface area contributed by atoms with E-state index < -0.39 is 0 Å². The van der Waals surface area contributed by atoms with Crippen LogP contribution in [0.2, 0.25) is 0 Å². The predicted octanol–water partition coefficient (Wildman–Crippen LogP) is 6.56. The number of hydrogen-bond acceptors (Lipinski definition) is 2. The molecule has 0 radical (unpaired) electrons. The maximum Gasteiger partial charge on any atom is 0.256 e. The van der Waals surface area contributed by atoms with E-state index in [9.17, 15) is 9.59 Å². The van der Waals surface area contributed by atoms with Crippen LogP contribution in [0.1, 0.15) is 116 Å². The lowest BCUT2D eigenvalue weighted by Gasteiger charge is -2.12. The van der Waals surface area contributed by atoms with Gasteiger partial charge in [0, 0.05) is 12.1 Å². The molecule has 150 valence electrons. The SMILES string of the molecule is C=C1CC(=O)N(CCCCCCCCCCCCCCCCCC)C1=O. The molecule has 0 unspecified atom stereocenters. The van der Waals surface area contributed by atoms with E-state index in [0.29, 0.717) is 12.1 Å². The van der Waals surface area contributed by atoms with E-state index >= 15 is 0 Å². The van der Waals surface area contributed by atoms with E-state index in [2.05, 4.69) is 13.5 Å². The van der Waals surface area contributed by atoms with Crippen molar-refractivity contribution in [3.8, 4) is 0 Å². The second kappa shape index (κ2) is 15.0. The highest BCUT2D eigenvalue weighted by molar-refractivity contribution is 6.12. The third kappa shape index (κ3) is 10.1. The lowest BCUT2D eigenvalue weighted by atomic mass is 10.0. The molecule has 3 nitrogen and oxygen atoms in total. The monoisotopic (exact) mass is 363 g/mol. The minimum Gasteiger partial charge on any atom is -0.279 e. The average Bonchev–Trinajstić information content (AvgIpc) is 2.87. The van der Waals surface area contributed by atoms with Gasteiger partial charge in [0.15, 0.2) is 0 Å². The van der Waals surface area contributed by atoms with Crippen molar-refractivity contribution in [2.45, 2.75) is 116 Å². The first-order chi connectivity index (χ1) is 12.7. The molecule has 0 aliphatic carbocycles. The van der Waals surface area contributed by atoms with Crippen LogP contribution in [-0.4, -0.2) is 23.3 Å². The molecule has 1 rings (SSSR count). The van der Waals surface area contributed by atoms with Crippen LogP contribution in [0.4, 0.5) is 0 Å². The van der Waals surface area contributed by atoms with E-state index in [4.69, 9.17) is 0 Å². The second-order valence-corrected chi connectivity index (χ2v) is 7.93. The Kier molecular flexibility index (Phi) is 13.2. The molecule has 26 heavy (non-hydrogen) atoms. The van der Waals surface area contributed by atoms with Crippen LogP contribution in [0.25, 0.3) is 0 Å². The van der Waals surface area contributed by atoms with E-state index in [1.807, 2.05) is 0 Å². The van der Waals surface area contributed by atoms with Gasteiger partial charge >= 0.3 is 0 Å². The number of imide groups is 1. The Morgan fingerprint density at radius 2 is 1.08 bits per heavy atom. The van der Waals surface area contributed by atoms with Crippen molar-refractivity contribution in [1.29, 1.82) is 0 Å². The maximum absolute atomic E-state index is 11.7. The molecule has 1 saturated heterocycles. The van der Waals surface area contributed by atoms with Gasteiger partial charge < -0.3 is 0 Å². The van der Waals surface area contributed by atoms with E-state index in [0.717, 1.165) is 12.8 Å². The van der Waals surface area contributed by atoms with Crippen molar-refractivity contribution in [1.82, 2.24) is 4.90 Å². The topological polar surface area (TPSA) is 37.4 Å². The Morgan fingerprint density at radius 3 is 1.42 bits per heavy atom. The number of amides is 2. The summed E-state index contributed by atoms with van der Waals surface area (Å²) < 4.78 is 0. The zero-order chi connectivity index (χ0) is 19.0.